The van der Waals surface area contributed by atoms with E-state index < -0.39 is 18.2 Å². The molecular weight excluding hydrogens is 430 g/mol. The average molecular weight is 476 g/mol. The summed E-state index contributed by atoms with van der Waals surface area (Å²) in [6.07, 6.45) is 5.34. The summed E-state index contributed by atoms with van der Waals surface area (Å²) >= 11 is 0. The van der Waals surface area contributed by atoms with Crippen molar-refractivity contribution >= 4 is 18.1 Å². The molecule has 0 aliphatic heterocycles. The van der Waals surface area contributed by atoms with Crippen molar-refractivity contribution in [1.29, 1.82) is 0 Å². The fourth-order valence-corrected chi connectivity index (χ4v) is 3.12. The summed E-state index contributed by atoms with van der Waals surface area (Å²) in [6.45, 7) is 1.86. The number of nitrogens with zero attached hydrogens (tertiary/aromatic N) is 1. The molecule has 33 heavy (non-hydrogen) atoms. The first-order valence-electron chi connectivity index (χ1n) is 11.8. The number of hydrogen-bond donors (Lipinski definition) is 6. The van der Waals surface area contributed by atoms with Crippen molar-refractivity contribution < 1.29 is 23.9 Å². The standard InChI is InChI=1S/C21H45N7O5/c22-10-4-1-7-13-28(21(31)33-15-17(25)8-2-5-11-23)14-19(29)27-18(9-3-6-12-24)16-32-20(26)30/h17-18H,1-16,22-25H2,(H2,26,30)(H,27,29). The molecule has 0 saturated carbocycles. The molecule has 0 aliphatic rings. The summed E-state index contributed by atoms with van der Waals surface area (Å²) in [6, 6.07) is -0.714. The Labute approximate surface area is 197 Å². The molecule has 0 saturated heterocycles. The lowest BCUT2D eigenvalue weighted by Gasteiger charge is -2.24. The molecule has 0 bridgehead atoms. The summed E-state index contributed by atoms with van der Waals surface area (Å²) in [5, 5.41) is 2.80. The van der Waals surface area contributed by atoms with Gasteiger partial charge in [-0.1, -0.05) is 19.3 Å². The highest BCUT2D eigenvalue weighted by atomic mass is 16.6. The molecule has 2 atom stereocenters. The Hall–Kier alpha value is -2.15. The largest absolute Gasteiger partial charge is 0.448 e. The van der Waals surface area contributed by atoms with Crippen molar-refractivity contribution in [3.63, 3.8) is 0 Å². The predicted molar refractivity (Wildman–Crippen MR) is 127 cm³/mol. The lowest BCUT2D eigenvalue weighted by Crippen LogP contribution is -2.47. The van der Waals surface area contributed by atoms with Gasteiger partial charge >= 0.3 is 12.2 Å². The second-order valence-corrected chi connectivity index (χ2v) is 8.07. The summed E-state index contributed by atoms with van der Waals surface area (Å²) in [4.78, 5) is 37.5. The van der Waals surface area contributed by atoms with E-state index in [0.717, 1.165) is 38.5 Å². The maximum absolute atomic E-state index is 12.6. The van der Waals surface area contributed by atoms with Gasteiger partial charge in [0.1, 0.15) is 19.8 Å². The van der Waals surface area contributed by atoms with Crippen LogP contribution in [0.4, 0.5) is 9.59 Å². The van der Waals surface area contributed by atoms with E-state index in [2.05, 4.69) is 5.32 Å². The van der Waals surface area contributed by atoms with Crippen LogP contribution < -0.4 is 34.0 Å². The minimum atomic E-state index is -0.916. The maximum atomic E-state index is 12.6. The van der Waals surface area contributed by atoms with Crippen LogP contribution in [0.1, 0.15) is 57.8 Å². The molecule has 194 valence electrons. The lowest BCUT2D eigenvalue weighted by molar-refractivity contribution is -0.123. The fraction of sp³-hybridized carbons (Fsp3) is 0.857. The molecule has 12 heteroatoms. The van der Waals surface area contributed by atoms with Crippen LogP contribution in [-0.4, -0.2) is 81.0 Å². The molecule has 0 aromatic carbocycles. The highest BCUT2D eigenvalue weighted by molar-refractivity contribution is 5.82. The Morgan fingerprint density at radius 1 is 0.788 bits per heavy atom. The van der Waals surface area contributed by atoms with E-state index in [4.69, 9.17) is 38.1 Å². The smallest absolute Gasteiger partial charge is 0.410 e. The van der Waals surface area contributed by atoms with Gasteiger partial charge in [-0.15, -0.1) is 0 Å². The van der Waals surface area contributed by atoms with Crippen molar-refractivity contribution in [2.45, 2.75) is 69.9 Å². The monoisotopic (exact) mass is 475 g/mol. The Morgan fingerprint density at radius 2 is 1.39 bits per heavy atom. The first-order valence-corrected chi connectivity index (χ1v) is 11.8. The Bertz CT molecular complexity index is 539. The molecule has 0 heterocycles. The zero-order chi connectivity index (χ0) is 24.9. The molecule has 0 radical (unpaired) electrons. The minimum Gasteiger partial charge on any atom is -0.448 e. The predicted octanol–water partition coefficient (Wildman–Crippen LogP) is -0.281. The van der Waals surface area contributed by atoms with E-state index in [9.17, 15) is 14.4 Å². The number of unbranched alkanes of at least 4 members (excludes halogenated alkanes) is 4. The van der Waals surface area contributed by atoms with Crippen molar-refractivity contribution in [1.82, 2.24) is 10.2 Å². The molecule has 0 fully saturated rings. The molecule has 0 spiro atoms. The van der Waals surface area contributed by atoms with Crippen LogP contribution in [0.15, 0.2) is 0 Å². The topological polar surface area (TPSA) is 215 Å². The van der Waals surface area contributed by atoms with Gasteiger partial charge in [-0.05, 0) is 58.2 Å². The van der Waals surface area contributed by atoms with E-state index in [1.165, 1.54) is 4.90 Å². The van der Waals surface area contributed by atoms with Gasteiger partial charge in [-0.3, -0.25) is 9.69 Å². The molecule has 0 aliphatic carbocycles. The SMILES string of the molecule is NCCCCCN(CC(=O)NC(CCCCN)COC(N)=O)C(=O)OCC(N)CCCCN. The fourth-order valence-electron chi connectivity index (χ4n) is 3.12. The summed E-state index contributed by atoms with van der Waals surface area (Å²) in [7, 11) is 0. The number of ether oxygens (including phenoxy) is 2. The maximum Gasteiger partial charge on any atom is 0.410 e. The summed E-state index contributed by atoms with van der Waals surface area (Å²) < 4.78 is 10.2. The number of amides is 3. The minimum absolute atomic E-state index is 0.0513. The molecule has 0 aromatic rings. The van der Waals surface area contributed by atoms with Crippen molar-refractivity contribution in [2.24, 2.45) is 28.7 Å². The van der Waals surface area contributed by atoms with Gasteiger partial charge in [0, 0.05) is 12.6 Å². The number of hydrogen-bond acceptors (Lipinski definition) is 9. The van der Waals surface area contributed by atoms with Gasteiger partial charge in [0.2, 0.25) is 5.91 Å². The third-order valence-corrected chi connectivity index (χ3v) is 4.97. The number of nitrogens with one attached hydrogen (secondary N) is 1. The lowest BCUT2D eigenvalue weighted by atomic mass is 10.1. The zero-order valence-corrected chi connectivity index (χ0v) is 19.8. The van der Waals surface area contributed by atoms with Crippen molar-refractivity contribution in [2.75, 3.05) is 45.9 Å². The number of nitrogens with two attached hydrogens (primary N) is 5. The number of carbonyl (C=O) groups excluding carboxylic acids is 3. The first kappa shape index (κ1) is 30.9. The normalized spacial score (nSPS) is 12.6. The third kappa shape index (κ3) is 18.0. The van der Waals surface area contributed by atoms with Crippen molar-refractivity contribution in [3.05, 3.63) is 0 Å². The summed E-state index contributed by atoms with van der Waals surface area (Å²) in [5.74, 6) is -0.385. The zero-order valence-electron chi connectivity index (χ0n) is 19.8. The molecule has 12 nitrogen and oxygen atoms in total. The number of carbonyl (C=O) groups is 3. The molecule has 2 unspecified atom stereocenters. The van der Waals surface area contributed by atoms with Gasteiger partial charge in [0.05, 0.1) is 6.04 Å². The second-order valence-electron chi connectivity index (χ2n) is 8.07. The molecule has 3 amide bonds. The van der Waals surface area contributed by atoms with Crippen LogP contribution in [-0.2, 0) is 14.3 Å². The van der Waals surface area contributed by atoms with Crippen LogP contribution in [0.5, 0.6) is 0 Å². The van der Waals surface area contributed by atoms with Crippen LogP contribution in [0.3, 0.4) is 0 Å². The van der Waals surface area contributed by atoms with Crippen LogP contribution in [0.2, 0.25) is 0 Å². The third-order valence-electron chi connectivity index (χ3n) is 4.97. The molecule has 11 N–H and O–H groups in total. The van der Waals surface area contributed by atoms with E-state index >= 15 is 0 Å². The highest BCUT2D eigenvalue weighted by Crippen LogP contribution is 2.05. The van der Waals surface area contributed by atoms with Gasteiger partial charge in [0.15, 0.2) is 0 Å². The van der Waals surface area contributed by atoms with E-state index in [1.54, 1.807) is 0 Å². The van der Waals surface area contributed by atoms with Crippen molar-refractivity contribution in [3.8, 4) is 0 Å². The van der Waals surface area contributed by atoms with E-state index in [-0.39, 0.29) is 31.7 Å². The van der Waals surface area contributed by atoms with E-state index in [1.807, 2.05) is 0 Å². The van der Waals surface area contributed by atoms with Gasteiger partial charge in [0.25, 0.3) is 0 Å². The van der Waals surface area contributed by atoms with Crippen LogP contribution in [0, 0.1) is 0 Å². The second kappa shape index (κ2) is 20.5. The Balaban J connectivity index is 4.84. The van der Waals surface area contributed by atoms with Gasteiger partial charge in [-0.2, -0.15) is 0 Å². The molecular formula is C21H45N7O5. The Morgan fingerprint density at radius 3 is 2.00 bits per heavy atom. The van der Waals surface area contributed by atoms with E-state index in [0.29, 0.717) is 45.4 Å². The number of rotatable bonds is 20. The first-order chi connectivity index (χ1) is 15.8. The van der Waals surface area contributed by atoms with Gasteiger partial charge < -0.3 is 43.5 Å². The summed E-state index contributed by atoms with van der Waals surface area (Å²) in [5.41, 5.74) is 27.6. The quantitative estimate of drug-likeness (QED) is 0.127. The average Bonchev–Trinajstić information content (AvgIpc) is 2.78. The Kier molecular flexibility index (Phi) is 19.1. The number of primary amides is 1. The van der Waals surface area contributed by atoms with Gasteiger partial charge in [-0.25, -0.2) is 9.59 Å². The van der Waals surface area contributed by atoms with Crippen LogP contribution in [0.25, 0.3) is 0 Å². The van der Waals surface area contributed by atoms with Crippen LogP contribution >= 0.6 is 0 Å². The molecule has 0 rings (SSSR count). The highest BCUT2D eigenvalue weighted by Gasteiger charge is 2.21. The molecule has 0 aromatic heterocycles.